The molecule has 3 aromatic rings. The standard InChI is InChI=1S/C30H36N4O4/c1-2-38-30(37)26-17-22-16-23(12-13-25(22)33-26)32-28(35)27-24(20-6-4-3-5-7-20)14-15-34(27)29(36)21-10-8-19(18-31)9-11-21/h3-7,12-13,16-17,19,21,24,27,33H,2,8-11,14-15,18,31H2,1H3,(H,32,35)/t19-,21-,24-,27-/m0/s1. The number of carbonyl (C=O) groups is 3. The number of esters is 1. The third kappa shape index (κ3) is 5.31. The van der Waals surface area contributed by atoms with Gasteiger partial charge in [-0.1, -0.05) is 30.3 Å². The topological polar surface area (TPSA) is 118 Å². The lowest BCUT2D eigenvalue weighted by molar-refractivity contribution is -0.141. The van der Waals surface area contributed by atoms with Crippen molar-refractivity contribution >= 4 is 34.4 Å². The number of aromatic amines is 1. The second-order valence-corrected chi connectivity index (χ2v) is 10.4. The normalized spacial score (nSPS) is 23.4. The zero-order chi connectivity index (χ0) is 26.6. The number of hydrogen-bond donors (Lipinski definition) is 3. The molecular weight excluding hydrogens is 480 g/mol. The Morgan fingerprint density at radius 1 is 1.03 bits per heavy atom. The predicted molar refractivity (Wildman–Crippen MR) is 147 cm³/mol. The molecule has 1 saturated heterocycles. The van der Waals surface area contributed by atoms with Crippen LogP contribution in [0.2, 0.25) is 0 Å². The number of anilines is 1. The van der Waals surface area contributed by atoms with E-state index >= 15 is 0 Å². The summed E-state index contributed by atoms with van der Waals surface area (Å²) in [4.78, 5) is 44.5. The van der Waals surface area contributed by atoms with Crippen LogP contribution in [0.5, 0.6) is 0 Å². The molecule has 0 radical (unpaired) electrons. The fourth-order valence-corrected chi connectivity index (χ4v) is 6.04. The molecule has 0 unspecified atom stereocenters. The number of amides is 2. The summed E-state index contributed by atoms with van der Waals surface area (Å²) in [5.41, 5.74) is 8.68. The number of likely N-dealkylation sites (tertiary alicyclic amines) is 1. The van der Waals surface area contributed by atoms with Crippen molar-refractivity contribution in [1.29, 1.82) is 0 Å². The number of fused-ring (bicyclic) bond motifs is 1. The molecule has 38 heavy (non-hydrogen) atoms. The predicted octanol–water partition coefficient (Wildman–Crippen LogP) is 4.43. The van der Waals surface area contributed by atoms with Crippen LogP contribution in [0.4, 0.5) is 5.69 Å². The van der Waals surface area contributed by atoms with Crippen LogP contribution in [-0.4, -0.2) is 53.4 Å². The van der Waals surface area contributed by atoms with Crippen LogP contribution >= 0.6 is 0 Å². The fourth-order valence-electron chi connectivity index (χ4n) is 6.04. The number of aromatic nitrogens is 1. The number of H-pyrrole nitrogens is 1. The van der Waals surface area contributed by atoms with Crippen molar-refractivity contribution in [2.45, 2.75) is 51.0 Å². The van der Waals surface area contributed by atoms with E-state index in [9.17, 15) is 14.4 Å². The number of carbonyl (C=O) groups excluding carboxylic acids is 3. The highest BCUT2D eigenvalue weighted by atomic mass is 16.5. The maximum absolute atomic E-state index is 13.8. The molecule has 1 aromatic heterocycles. The van der Waals surface area contributed by atoms with Gasteiger partial charge in [0.2, 0.25) is 11.8 Å². The Morgan fingerprint density at radius 2 is 1.79 bits per heavy atom. The molecule has 0 bridgehead atoms. The first kappa shape index (κ1) is 26.0. The lowest BCUT2D eigenvalue weighted by atomic mass is 9.81. The van der Waals surface area contributed by atoms with Gasteiger partial charge in [-0.15, -0.1) is 0 Å². The Bertz CT molecular complexity index is 1300. The maximum Gasteiger partial charge on any atom is 0.354 e. The van der Waals surface area contributed by atoms with Gasteiger partial charge >= 0.3 is 5.97 Å². The maximum atomic E-state index is 13.8. The van der Waals surface area contributed by atoms with Crippen molar-refractivity contribution < 1.29 is 19.1 Å². The monoisotopic (exact) mass is 516 g/mol. The zero-order valence-electron chi connectivity index (χ0n) is 21.8. The fraction of sp³-hybridized carbons (Fsp3) is 0.433. The molecule has 2 amide bonds. The molecule has 2 aliphatic rings. The first-order chi connectivity index (χ1) is 18.5. The minimum absolute atomic E-state index is 0.0554. The van der Waals surface area contributed by atoms with E-state index in [1.165, 1.54) is 0 Å². The molecule has 5 rings (SSSR count). The van der Waals surface area contributed by atoms with Gasteiger partial charge in [-0.05, 0) is 81.3 Å². The summed E-state index contributed by atoms with van der Waals surface area (Å²) < 4.78 is 5.09. The minimum Gasteiger partial charge on any atom is -0.461 e. The van der Waals surface area contributed by atoms with Gasteiger partial charge < -0.3 is 25.7 Å². The molecule has 200 valence electrons. The number of benzene rings is 2. The molecule has 8 heteroatoms. The summed E-state index contributed by atoms with van der Waals surface area (Å²) >= 11 is 0. The van der Waals surface area contributed by atoms with E-state index in [2.05, 4.69) is 10.3 Å². The molecule has 1 aliphatic heterocycles. The van der Waals surface area contributed by atoms with Crippen LogP contribution in [0.3, 0.4) is 0 Å². The van der Waals surface area contributed by atoms with Crippen molar-refractivity contribution in [2.24, 2.45) is 17.6 Å². The highest BCUT2D eigenvalue weighted by Crippen LogP contribution is 2.38. The number of hydrogen-bond acceptors (Lipinski definition) is 5. The molecular formula is C30H36N4O4. The third-order valence-electron chi connectivity index (χ3n) is 8.09. The Kier molecular flexibility index (Phi) is 7.79. The second kappa shape index (κ2) is 11.4. The molecule has 2 fully saturated rings. The van der Waals surface area contributed by atoms with Crippen LogP contribution in [0, 0.1) is 11.8 Å². The Morgan fingerprint density at radius 3 is 2.50 bits per heavy atom. The van der Waals surface area contributed by atoms with Crippen LogP contribution in [0.25, 0.3) is 10.9 Å². The average molecular weight is 517 g/mol. The van der Waals surface area contributed by atoms with Crippen molar-refractivity contribution in [3.8, 4) is 0 Å². The van der Waals surface area contributed by atoms with E-state index in [4.69, 9.17) is 10.5 Å². The summed E-state index contributed by atoms with van der Waals surface area (Å²) in [6, 6.07) is 16.6. The number of ether oxygens (including phenoxy) is 1. The largest absolute Gasteiger partial charge is 0.461 e. The molecule has 8 nitrogen and oxygen atoms in total. The summed E-state index contributed by atoms with van der Waals surface area (Å²) in [5.74, 6) is -0.172. The molecule has 2 heterocycles. The van der Waals surface area contributed by atoms with Gasteiger partial charge in [0.25, 0.3) is 0 Å². The van der Waals surface area contributed by atoms with Crippen LogP contribution < -0.4 is 11.1 Å². The van der Waals surface area contributed by atoms with Gasteiger partial charge in [0, 0.05) is 35.0 Å². The van der Waals surface area contributed by atoms with E-state index in [-0.39, 0.29) is 23.7 Å². The van der Waals surface area contributed by atoms with Crippen molar-refractivity contribution in [1.82, 2.24) is 9.88 Å². The van der Waals surface area contributed by atoms with Gasteiger partial charge in [0.05, 0.1) is 6.61 Å². The van der Waals surface area contributed by atoms with E-state index in [0.717, 1.165) is 48.6 Å². The highest BCUT2D eigenvalue weighted by Gasteiger charge is 2.44. The number of rotatable bonds is 7. The Hall–Kier alpha value is -3.65. The van der Waals surface area contributed by atoms with E-state index in [1.807, 2.05) is 47.4 Å². The summed E-state index contributed by atoms with van der Waals surface area (Å²) in [7, 11) is 0. The Labute approximate surface area is 222 Å². The minimum atomic E-state index is -0.589. The number of nitrogens with zero attached hydrogens (tertiary/aromatic N) is 1. The van der Waals surface area contributed by atoms with Gasteiger partial charge in [-0.3, -0.25) is 9.59 Å². The molecule has 0 spiro atoms. The van der Waals surface area contributed by atoms with E-state index in [1.54, 1.807) is 19.1 Å². The van der Waals surface area contributed by atoms with E-state index in [0.29, 0.717) is 37.0 Å². The number of nitrogens with one attached hydrogen (secondary N) is 2. The molecule has 2 aromatic carbocycles. The number of nitrogens with two attached hydrogens (primary N) is 1. The Balaban J connectivity index is 1.38. The van der Waals surface area contributed by atoms with Crippen LogP contribution in [0.15, 0.2) is 54.6 Å². The zero-order valence-corrected chi connectivity index (χ0v) is 21.8. The van der Waals surface area contributed by atoms with Gasteiger partial charge in [-0.2, -0.15) is 0 Å². The molecule has 1 aliphatic carbocycles. The van der Waals surface area contributed by atoms with Crippen molar-refractivity contribution in [3.63, 3.8) is 0 Å². The molecule has 1 saturated carbocycles. The SMILES string of the molecule is CCOC(=O)c1cc2cc(NC(=O)[C@@H]3[C@H](c4ccccc4)CCN3C(=O)[C@H]3CC[C@H](CN)CC3)ccc2[nH]1. The molecule has 2 atom stereocenters. The van der Waals surface area contributed by atoms with Crippen LogP contribution in [-0.2, 0) is 14.3 Å². The van der Waals surface area contributed by atoms with Crippen molar-refractivity contribution in [3.05, 3.63) is 65.9 Å². The van der Waals surface area contributed by atoms with Gasteiger partial charge in [0.15, 0.2) is 0 Å². The quantitative estimate of drug-likeness (QED) is 0.402. The third-order valence-corrected chi connectivity index (χ3v) is 8.09. The second-order valence-electron chi connectivity index (χ2n) is 10.4. The van der Waals surface area contributed by atoms with Crippen molar-refractivity contribution in [2.75, 3.05) is 25.0 Å². The van der Waals surface area contributed by atoms with Crippen LogP contribution in [0.1, 0.15) is 61.0 Å². The summed E-state index contributed by atoms with van der Waals surface area (Å²) in [6.07, 6.45) is 4.32. The lowest BCUT2D eigenvalue weighted by Gasteiger charge is -2.33. The summed E-state index contributed by atoms with van der Waals surface area (Å²) in [6.45, 7) is 3.29. The first-order valence-electron chi connectivity index (χ1n) is 13.6. The van der Waals surface area contributed by atoms with Gasteiger partial charge in [-0.25, -0.2) is 4.79 Å². The lowest BCUT2D eigenvalue weighted by Crippen LogP contribution is -2.48. The summed E-state index contributed by atoms with van der Waals surface area (Å²) in [5, 5.41) is 3.86. The van der Waals surface area contributed by atoms with Gasteiger partial charge in [0.1, 0.15) is 11.7 Å². The average Bonchev–Trinajstić information content (AvgIpc) is 3.58. The smallest absolute Gasteiger partial charge is 0.354 e. The first-order valence-corrected chi connectivity index (χ1v) is 13.6. The highest BCUT2D eigenvalue weighted by molar-refractivity contribution is 6.01. The molecule has 4 N–H and O–H groups in total. The van der Waals surface area contributed by atoms with E-state index < -0.39 is 12.0 Å².